The highest BCUT2D eigenvalue weighted by Gasteiger charge is 2.29. The molecule has 2 heterocycles. The van der Waals surface area contributed by atoms with Gasteiger partial charge >= 0.3 is 6.18 Å². The molecule has 0 aliphatic heterocycles. The van der Waals surface area contributed by atoms with Crippen LogP contribution in [0.1, 0.15) is 5.56 Å². The molecule has 0 saturated carbocycles. The zero-order chi connectivity index (χ0) is 24.7. The van der Waals surface area contributed by atoms with Crippen molar-refractivity contribution in [3.05, 3.63) is 121 Å². The number of benzene rings is 4. The average Bonchev–Trinajstić information content (AvgIpc) is 2.92. The highest BCUT2D eigenvalue weighted by molar-refractivity contribution is 5.88. The molecule has 4 aromatic carbocycles. The number of hydrogen-bond donors (Lipinski definition) is 0. The number of hydrogen-bond acceptors (Lipinski definition) is 2. The lowest BCUT2D eigenvalue weighted by Crippen LogP contribution is -2.03. The van der Waals surface area contributed by atoms with Crippen LogP contribution >= 0.6 is 0 Å². The van der Waals surface area contributed by atoms with Crippen molar-refractivity contribution in [3.8, 4) is 33.5 Å². The molecule has 6 aromatic rings. The first-order valence-electron chi connectivity index (χ1n) is 11.5. The van der Waals surface area contributed by atoms with E-state index < -0.39 is 11.7 Å². The maximum atomic E-state index is 12.9. The first-order chi connectivity index (χ1) is 17.4. The Morgan fingerprint density at radius 2 is 1.11 bits per heavy atom. The second-order valence-corrected chi connectivity index (χ2v) is 8.70. The van der Waals surface area contributed by atoms with Crippen molar-refractivity contribution in [2.24, 2.45) is 0 Å². The molecule has 0 aliphatic carbocycles. The maximum absolute atomic E-state index is 12.9. The van der Waals surface area contributed by atoms with E-state index in [4.69, 9.17) is 0 Å². The molecule has 5 heteroatoms. The van der Waals surface area contributed by atoms with E-state index in [-0.39, 0.29) is 0 Å². The number of pyridine rings is 2. The summed E-state index contributed by atoms with van der Waals surface area (Å²) in [4.78, 5) is 9.29. The summed E-state index contributed by atoms with van der Waals surface area (Å²) < 4.78 is 38.6. The lowest BCUT2D eigenvalue weighted by atomic mass is 10.0. The van der Waals surface area contributed by atoms with Gasteiger partial charge < -0.3 is 0 Å². The number of halogens is 3. The summed E-state index contributed by atoms with van der Waals surface area (Å²) in [6.07, 6.45) is -0.697. The van der Waals surface area contributed by atoms with Crippen molar-refractivity contribution in [1.82, 2.24) is 9.97 Å². The molecule has 0 unspecified atom stereocenters. The molecule has 2 nitrogen and oxygen atoms in total. The van der Waals surface area contributed by atoms with E-state index in [1.165, 1.54) is 22.9 Å². The molecule has 2 aromatic heterocycles. The summed E-state index contributed by atoms with van der Waals surface area (Å²) in [5.41, 5.74) is 5.52. The highest BCUT2D eigenvalue weighted by Crippen LogP contribution is 2.32. The van der Waals surface area contributed by atoms with Crippen molar-refractivity contribution in [3.63, 3.8) is 0 Å². The zero-order valence-electron chi connectivity index (χ0n) is 19.0. The molecule has 0 N–H and O–H groups in total. The van der Waals surface area contributed by atoms with Crippen molar-refractivity contribution < 1.29 is 13.2 Å². The van der Waals surface area contributed by atoms with Gasteiger partial charge in [-0.25, -0.2) is 0 Å². The predicted octanol–water partition coefficient (Wildman–Crippen LogP) is 8.80. The van der Waals surface area contributed by atoms with Gasteiger partial charge in [-0.05, 0) is 58.3 Å². The van der Waals surface area contributed by atoms with Crippen LogP contribution in [0.2, 0.25) is 0 Å². The Labute approximate surface area is 205 Å². The minimum Gasteiger partial charge on any atom is -0.256 e. The fourth-order valence-corrected chi connectivity index (χ4v) is 4.39. The van der Waals surface area contributed by atoms with E-state index in [0.717, 1.165) is 51.0 Å². The Balaban J connectivity index is 1.27. The summed E-state index contributed by atoms with van der Waals surface area (Å²) in [7, 11) is 0. The fourth-order valence-electron chi connectivity index (χ4n) is 4.39. The Hall–Kier alpha value is -4.51. The van der Waals surface area contributed by atoms with Crippen molar-refractivity contribution in [2.75, 3.05) is 0 Å². The second kappa shape index (κ2) is 8.61. The first kappa shape index (κ1) is 22.0. The minimum absolute atomic E-state index is 0.657. The van der Waals surface area contributed by atoms with Gasteiger partial charge in [0.15, 0.2) is 0 Å². The van der Waals surface area contributed by atoms with Crippen molar-refractivity contribution in [2.45, 2.75) is 6.18 Å². The fraction of sp³-hybridized carbons (Fsp3) is 0.0323. The Bertz CT molecular complexity index is 1700. The average molecular weight is 477 g/mol. The monoisotopic (exact) mass is 476 g/mol. The van der Waals surface area contributed by atoms with Gasteiger partial charge in [0, 0.05) is 34.5 Å². The third kappa shape index (κ3) is 4.20. The molecule has 0 atom stereocenters. The summed E-state index contributed by atoms with van der Waals surface area (Å²) >= 11 is 0. The molecule has 0 amide bonds. The van der Waals surface area contributed by atoms with Crippen LogP contribution in [0.5, 0.6) is 0 Å². The molecule has 0 spiro atoms. The van der Waals surface area contributed by atoms with Crippen LogP contribution in [0.15, 0.2) is 116 Å². The van der Waals surface area contributed by atoms with Crippen LogP contribution in [0, 0.1) is 0 Å². The van der Waals surface area contributed by atoms with Crippen LogP contribution in [0.3, 0.4) is 0 Å². The lowest BCUT2D eigenvalue weighted by molar-refractivity contribution is -0.137. The number of fused-ring (bicyclic) bond motifs is 2. The first-order valence-corrected chi connectivity index (χ1v) is 11.5. The number of nitrogens with zero attached hydrogens (tertiary/aromatic N) is 2. The van der Waals surface area contributed by atoms with Gasteiger partial charge in [0.25, 0.3) is 0 Å². The molecule has 0 radical (unpaired) electrons. The van der Waals surface area contributed by atoms with E-state index in [0.29, 0.717) is 5.56 Å². The van der Waals surface area contributed by atoms with Crippen LogP contribution in [0.4, 0.5) is 13.2 Å². The largest absolute Gasteiger partial charge is 0.416 e. The topological polar surface area (TPSA) is 25.8 Å². The summed E-state index contributed by atoms with van der Waals surface area (Å²) in [6.45, 7) is 0. The van der Waals surface area contributed by atoms with E-state index in [9.17, 15) is 13.2 Å². The second-order valence-electron chi connectivity index (χ2n) is 8.70. The SMILES string of the molecule is FC(F)(F)c1ccc(-c2ccc3cc(-c4ccc(-c5ccc6ccccc6c5)nc4)cnc3c2)cc1. The van der Waals surface area contributed by atoms with E-state index in [1.807, 2.05) is 54.7 Å². The van der Waals surface area contributed by atoms with Gasteiger partial charge in [-0.1, -0.05) is 66.7 Å². The van der Waals surface area contributed by atoms with Crippen molar-refractivity contribution >= 4 is 21.7 Å². The molecular weight excluding hydrogens is 457 g/mol. The van der Waals surface area contributed by atoms with Crippen molar-refractivity contribution in [1.29, 1.82) is 0 Å². The van der Waals surface area contributed by atoms with Gasteiger partial charge in [0.2, 0.25) is 0 Å². The molecule has 36 heavy (non-hydrogen) atoms. The normalized spacial score (nSPS) is 11.8. The molecule has 0 saturated heterocycles. The minimum atomic E-state index is -4.34. The molecule has 0 bridgehead atoms. The quantitative estimate of drug-likeness (QED) is 0.255. The predicted molar refractivity (Wildman–Crippen MR) is 138 cm³/mol. The third-order valence-corrected chi connectivity index (χ3v) is 6.37. The molecule has 6 rings (SSSR count). The summed E-state index contributed by atoms with van der Waals surface area (Å²) in [6, 6.07) is 31.6. The van der Waals surface area contributed by atoms with Crippen LogP contribution in [-0.4, -0.2) is 9.97 Å². The number of rotatable bonds is 3. The zero-order valence-corrected chi connectivity index (χ0v) is 19.0. The van der Waals surface area contributed by atoms with Gasteiger partial charge in [0.05, 0.1) is 16.8 Å². The van der Waals surface area contributed by atoms with Gasteiger partial charge in [-0.2, -0.15) is 13.2 Å². The molecule has 0 fully saturated rings. The Kier molecular flexibility index (Phi) is 5.26. The van der Waals surface area contributed by atoms with E-state index >= 15 is 0 Å². The van der Waals surface area contributed by atoms with E-state index in [2.05, 4.69) is 40.3 Å². The van der Waals surface area contributed by atoms with Gasteiger partial charge in [-0.3, -0.25) is 9.97 Å². The number of aromatic nitrogens is 2. The van der Waals surface area contributed by atoms with Crippen LogP contribution in [0.25, 0.3) is 55.2 Å². The molecule has 0 aliphatic rings. The van der Waals surface area contributed by atoms with Crippen LogP contribution < -0.4 is 0 Å². The van der Waals surface area contributed by atoms with Gasteiger partial charge in [-0.15, -0.1) is 0 Å². The molecular formula is C31H19F3N2. The maximum Gasteiger partial charge on any atom is 0.416 e. The highest BCUT2D eigenvalue weighted by atomic mass is 19.4. The van der Waals surface area contributed by atoms with Crippen LogP contribution in [-0.2, 0) is 6.18 Å². The summed E-state index contributed by atoms with van der Waals surface area (Å²) in [5, 5.41) is 3.32. The van der Waals surface area contributed by atoms with E-state index in [1.54, 1.807) is 6.20 Å². The standard InChI is InChI=1S/C31H19F3N2/c32-31(33,34)28-12-9-21(10-13-28)23-6-8-25-16-27(19-36-30(25)17-23)26-11-14-29(35-18-26)24-7-5-20-3-1-2-4-22(20)15-24/h1-19H. The Morgan fingerprint density at radius 3 is 1.86 bits per heavy atom. The summed E-state index contributed by atoms with van der Waals surface area (Å²) in [5.74, 6) is 0. The van der Waals surface area contributed by atoms with Gasteiger partial charge in [0.1, 0.15) is 0 Å². The lowest BCUT2D eigenvalue weighted by Gasteiger charge is -2.09. The third-order valence-electron chi connectivity index (χ3n) is 6.37. The number of alkyl halides is 3. The Morgan fingerprint density at radius 1 is 0.472 bits per heavy atom. The smallest absolute Gasteiger partial charge is 0.256 e. The molecule has 174 valence electrons.